The molecule has 1 saturated heterocycles. The molecule has 1 heterocycles. The summed E-state index contributed by atoms with van der Waals surface area (Å²) in [4.78, 5) is 2.49. The van der Waals surface area contributed by atoms with E-state index in [0.717, 1.165) is 18.0 Å². The Morgan fingerprint density at radius 3 is 2.53 bits per heavy atom. The number of methoxy groups -OCH3 is 1. The highest BCUT2D eigenvalue weighted by Crippen LogP contribution is 2.25. The van der Waals surface area contributed by atoms with Crippen LogP contribution in [0.3, 0.4) is 0 Å². The number of ether oxygens (including phenoxy) is 2. The minimum absolute atomic E-state index is 0.591. The molecule has 104 valence electrons. The number of hydrogen-bond acceptors (Lipinski definition) is 3. The quantitative estimate of drug-likeness (QED) is 0.734. The summed E-state index contributed by atoms with van der Waals surface area (Å²) in [5.74, 6) is 1.58. The van der Waals surface area contributed by atoms with Gasteiger partial charge < -0.3 is 9.47 Å². The first-order valence-corrected chi connectivity index (χ1v) is 7.03. The van der Waals surface area contributed by atoms with Gasteiger partial charge in [0.1, 0.15) is 6.61 Å². The zero-order valence-corrected chi connectivity index (χ0v) is 11.7. The molecule has 0 atom stereocenters. The van der Waals surface area contributed by atoms with Gasteiger partial charge in [0, 0.05) is 6.54 Å². The smallest absolute Gasteiger partial charge is 0.161 e. The molecule has 3 heteroatoms. The lowest BCUT2D eigenvalue weighted by molar-refractivity contribution is 0.251. The van der Waals surface area contributed by atoms with Gasteiger partial charge in [-0.15, -0.1) is 0 Å². The Morgan fingerprint density at radius 2 is 1.79 bits per heavy atom. The van der Waals surface area contributed by atoms with Crippen LogP contribution in [-0.2, 0) is 0 Å². The summed E-state index contributed by atoms with van der Waals surface area (Å²) in [6.45, 7) is 4.10. The lowest BCUT2D eigenvalue weighted by atomic mass is 10.1. The van der Waals surface area contributed by atoms with Crippen LogP contribution in [0.1, 0.15) is 19.3 Å². The lowest BCUT2D eigenvalue weighted by Crippen LogP contribution is -2.29. The van der Waals surface area contributed by atoms with Gasteiger partial charge >= 0.3 is 0 Å². The van der Waals surface area contributed by atoms with Crippen molar-refractivity contribution < 1.29 is 9.47 Å². The number of rotatable bonds is 6. The maximum atomic E-state index is 5.69. The van der Waals surface area contributed by atoms with Gasteiger partial charge in [-0.25, -0.2) is 0 Å². The van der Waals surface area contributed by atoms with Crippen molar-refractivity contribution >= 4 is 0 Å². The highest BCUT2D eigenvalue weighted by molar-refractivity contribution is 5.39. The van der Waals surface area contributed by atoms with Crippen molar-refractivity contribution in [1.29, 1.82) is 0 Å². The minimum atomic E-state index is 0.591. The molecule has 0 N–H and O–H groups in total. The Labute approximate surface area is 115 Å². The summed E-state index contributed by atoms with van der Waals surface area (Å²) in [6, 6.07) is 7.73. The van der Waals surface area contributed by atoms with E-state index < -0.39 is 0 Å². The summed E-state index contributed by atoms with van der Waals surface area (Å²) < 4.78 is 10.9. The molecule has 1 aliphatic heterocycles. The fraction of sp³-hybridized carbons (Fsp3) is 0.500. The number of hydrogen-bond donors (Lipinski definition) is 0. The summed E-state index contributed by atoms with van der Waals surface area (Å²) >= 11 is 0. The highest BCUT2D eigenvalue weighted by Gasteiger charge is 2.07. The van der Waals surface area contributed by atoms with Crippen LogP contribution in [0.5, 0.6) is 11.5 Å². The molecule has 0 unspecified atom stereocenters. The fourth-order valence-electron chi connectivity index (χ4n) is 2.31. The average molecular weight is 261 g/mol. The second-order valence-electron chi connectivity index (χ2n) is 4.79. The first kappa shape index (κ1) is 13.9. The van der Waals surface area contributed by atoms with Gasteiger partial charge in [-0.2, -0.15) is 0 Å². The number of para-hydroxylation sites is 2. The van der Waals surface area contributed by atoms with E-state index in [-0.39, 0.29) is 0 Å². The van der Waals surface area contributed by atoms with E-state index in [2.05, 4.69) is 17.1 Å². The van der Waals surface area contributed by atoms with E-state index in [4.69, 9.17) is 9.47 Å². The van der Waals surface area contributed by atoms with E-state index >= 15 is 0 Å². The Bertz CT molecular complexity index is 397. The Balaban J connectivity index is 1.70. The molecular weight excluding hydrogens is 238 g/mol. The summed E-state index contributed by atoms with van der Waals surface area (Å²) in [5.41, 5.74) is 0. The van der Waals surface area contributed by atoms with E-state index in [1.807, 2.05) is 24.3 Å². The molecule has 0 spiro atoms. The zero-order valence-electron chi connectivity index (χ0n) is 11.7. The molecule has 0 radical (unpaired) electrons. The van der Waals surface area contributed by atoms with Crippen molar-refractivity contribution in [3.05, 3.63) is 36.4 Å². The maximum absolute atomic E-state index is 5.69. The van der Waals surface area contributed by atoms with Gasteiger partial charge in [0.2, 0.25) is 0 Å². The van der Waals surface area contributed by atoms with Gasteiger partial charge in [0.15, 0.2) is 11.5 Å². The van der Waals surface area contributed by atoms with Crippen LogP contribution in [0.4, 0.5) is 0 Å². The van der Waals surface area contributed by atoms with Gasteiger partial charge in [-0.05, 0) is 38.1 Å². The summed E-state index contributed by atoms with van der Waals surface area (Å²) in [6.07, 6.45) is 8.34. The van der Waals surface area contributed by atoms with Gasteiger partial charge in [-0.3, -0.25) is 4.90 Å². The predicted octanol–water partition coefficient (Wildman–Crippen LogP) is 3.12. The number of piperidine rings is 1. The van der Waals surface area contributed by atoms with E-state index in [9.17, 15) is 0 Å². The van der Waals surface area contributed by atoms with E-state index in [1.165, 1.54) is 32.4 Å². The van der Waals surface area contributed by atoms with Crippen molar-refractivity contribution in [1.82, 2.24) is 4.90 Å². The lowest BCUT2D eigenvalue weighted by Gasteiger charge is -2.24. The number of benzene rings is 1. The number of likely N-dealkylation sites (tertiary alicyclic amines) is 1. The van der Waals surface area contributed by atoms with E-state index in [0.29, 0.717) is 6.61 Å². The van der Waals surface area contributed by atoms with Crippen molar-refractivity contribution in [2.24, 2.45) is 0 Å². The van der Waals surface area contributed by atoms with Crippen LogP contribution in [0, 0.1) is 0 Å². The normalized spacial score (nSPS) is 16.7. The van der Waals surface area contributed by atoms with E-state index in [1.54, 1.807) is 7.11 Å². The highest BCUT2D eigenvalue weighted by atomic mass is 16.5. The second kappa shape index (κ2) is 7.85. The van der Waals surface area contributed by atoms with Crippen molar-refractivity contribution in [3.63, 3.8) is 0 Å². The fourth-order valence-corrected chi connectivity index (χ4v) is 2.31. The third kappa shape index (κ3) is 4.60. The predicted molar refractivity (Wildman–Crippen MR) is 77.9 cm³/mol. The Hall–Kier alpha value is -1.48. The molecule has 3 nitrogen and oxygen atoms in total. The molecule has 1 aliphatic rings. The molecule has 0 amide bonds. The molecular formula is C16H23NO2. The summed E-state index contributed by atoms with van der Waals surface area (Å²) in [7, 11) is 1.66. The zero-order chi connectivity index (χ0) is 13.3. The van der Waals surface area contributed by atoms with Crippen LogP contribution in [0.15, 0.2) is 36.4 Å². The van der Waals surface area contributed by atoms with Crippen molar-refractivity contribution in [3.8, 4) is 11.5 Å². The van der Waals surface area contributed by atoms with Crippen molar-refractivity contribution in [2.45, 2.75) is 19.3 Å². The first-order chi connectivity index (χ1) is 9.40. The molecule has 1 fully saturated rings. The third-order valence-corrected chi connectivity index (χ3v) is 3.38. The largest absolute Gasteiger partial charge is 0.493 e. The molecule has 0 aliphatic carbocycles. The molecule has 1 aromatic carbocycles. The van der Waals surface area contributed by atoms with Crippen LogP contribution < -0.4 is 9.47 Å². The molecule has 0 aromatic heterocycles. The van der Waals surface area contributed by atoms with Crippen LogP contribution in [0.2, 0.25) is 0 Å². The molecule has 1 aromatic rings. The molecule has 19 heavy (non-hydrogen) atoms. The summed E-state index contributed by atoms with van der Waals surface area (Å²) in [5, 5.41) is 0. The minimum Gasteiger partial charge on any atom is -0.493 e. The average Bonchev–Trinajstić information content (AvgIpc) is 2.48. The monoisotopic (exact) mass is 261 g/mol. The number of nitrogens with zero attached hydrogens (tertiary/aromatic N) is 1. The van der Waals surface area contributed by atoms with Crippen LogP contribution in [-0.4, -0.2) is 38.3 Å². The van der Waals surface area contributed by atoms with Gasteiger partial charge in [-0.1, -0.05) is 30.7 Å². The standard InChI is InChI=1S/C16H23NO2/c1-18-15-9-3-4-10-16(15)19-14-8-7-13-17-11-5-2-6-12-17/h3-4,7-10H,2,5-6,11-14H2,1H3. The second-order valence-corrected chi connectivity index (χ2v) is 4.79. The molecule has 2 rings (SSSR count). The topological polar surface area (TPSA) is 21.7 Å². The van der Waals surface area contributed by atoms with Crippen LogP contribution >= 0.6 is 0 Å². The first-order valence-electron chi connectivity index (χ1n) is 7.03. The SMILES string of the molecule is COc1ccccc1OCC=CCN1CCCCC1. The van der Waals surface area contributed by atoms with Crippen LogP contribution in [0.25, 0.3) is 0 Å². The van der Waals surface area contributed by atoms with Gasteiger partial charge in [0.25, 0.3) is 0 Å². The maximum Gasteiger partial charge on any atom is 0.161 e. The molecule has 0 bridgehead atoms. The van der Waals surface area contributed by atoms with Crippen molar-refractivity contribution in [2.75, 3.05) is 33.4 Å². The van der Waals surface area contributed by atoms with Gasteiger partial charge in [0.05, 0.1) is 7.11 Å². The Morgan fingerprint density at radius 1 is 1.05 bits per heavy atom. The third-order valence-electron chi connectivity index (χ3n) is 3.38. The molecule has 0 saturated carbocycles. The Kier molecular flexibility index (Phi) is 5.76.